The third kappa shape index (κ3) is 3.96. The van der Waals surface area contributed by atoms with Gasteiger partial charge in [-0.15, -0.1) is 0 Å². The fourth-order valence-corrected chi connectivity index (χ4v) is 2.73. The molecule has 0 N–H and O–H groups in total. The van der Waals surface area contributed by atoms with E-state index in [0.29, 0.717) is 11.3 Å². The molecule has 28 heavy (non-hydrogen) atoms. The lowest BCUT2D eigenvalue weighted by atomic mass is 10.1. The molecule has 0 unspecified atom stereocenters. The molecular formula is C22H15FN2O3. The van der Waals surface area contributed by atoms with Crippen LogP contribution in [0.1, 0.15) is 11.5 Å². The van der Waals surface area contributed by atoms with Crippen molar-refractivity contribution in [1.29, 1.82) is 0 Å². The zero-order valence-electron chi connectivity index (χ0n) is 14.7. The van der Waals surface area contributed by atoms with Crippen LogP contribution in [0.25, 0.3) is 28.3 Å². The molecule has 138 valence electrons. The lowest BCUT2D eigenvalue weighted by Crippen LogP contribution is -2.00. The number of ether oxygens (including phenoxy) is 1. The van der Waals surface area contributed by atoms with E-state index < -0.39 is 5.97 Å². The first-order chi connectivity index (χ1) is 13.7. The summed E-state index contributed by atoms with van der Waals surface area (Å²) in [6.07, 6.45) is 6.22. The fraction of sp³-hybridized carbons (Fsp3) is 0.0455. The fourth-order valence-electron chi connectivity index (χ4n) is 2.73. The van der Waals surface area contributed by atoms with E-state index in [9.17, 15) is 9.18 Å². The largest absolute Gasteiger partial charge is 0.453 e. The maximum Gasteiger partial charge on any atom is 0.331 e. The topological polar surface area (TPSA) is 65.2 Å². The van der Waals surface area contributed by atoms with Crippen molar-refractivity contribution >= 4 is 22.9 Å². The van der Waals surface area contributed by atoms with Crippen molar-refractivity contribution in [2.45, 2.75) is 6.61 Å². The summed E-state index contributed by atoms with van der Waals surface area (Å²) in [4.78, 5) is 20.4. The number of oxazole rings is 1. The van der Waals surface area contributed by atoms with Gasteiger partial charge in [0.05, 0.1) is 11.7 Å². The molecule has 0 spiro atoms. The van der Waals surface area contributed by atoms with Crippen molar-refractivity contribution in [1.82, 2.24) is 9.97 Å². The molecule has 2 heterocycles. The number of pyridine rings is 1. The van der Waals surface area contributed by atoms with Crippen LogP contribution in [0.3, 0.4) is 0 Å². The van der Waals surface area contributed by atoms with E-state index in [1.165, 1.54) is 24.4 Å². The van der Waals surface area contributed by atoms with Crippen molar-refractivity contribution in [3.8, 4) is 11.3 Å². The normalized spacial score (nSPS) is 11.2. The van der Waals surface area contributed by atoms with Crippen molar-refractivity contribution < 1.29 is 18.3 Å². The minimum Gasteiger partial charge on any atom is -0.453 e. The maximum absolute atomic E-state index is 13.0. The molecule has 0 bridgehead atoms. The second-order valence-electron chi connectivity index (χ2n) is 5.99. The van der Waals surface area contributed by atoms with Gasteiger partial charge < -0.3 is 9.15 Å². The summed E-state index contributed by atoms with van der Waals surface area (Å²) in [5.74, 6) is -0.114. The van der Waals surface area contributed by atoms with Crippen molar-refractivity contribution in [2.24, 2.45) is 0 Å². The predicted octanol–water partition coefficient (Wildman–Crippen LogP) is 4.79. The van der Waals surface area contributed by atoms with Gasteiger partial charge in [-0.05, 0) is 36.4 Å². The first-order valence-electron chi connectivity index (χ1n) is 8.58. The summed E-state index contributed by atoms with van der Waals surface area (Å²) in [6.45, 7) is -0.0991. The van der Waals surface area contributed by atoms with E-state index in [2.05, 4.69) is 9.97 Å². The van der Waals surface area contributed by atoms with Gasteiger partial charge in [-0.2, -0.15) is 0 Å². The Morgan fingerprint density at radius 3 is 2.75 bits per heavy atom. The third-order valence-corrected chi connectivity index (χ3v) is 4.08. The molecule has 0 aliphatic heterocycles. The Balaban J connectivity index is 1.39. The van der Waals surface area contributed by atoms with Crippen LogP contribution in [-0.2, 0) is 16.1 Å². The second-order valence-corrected chi connectivity index (χ2v) is 5.99. The van der Waals surface area contributed by atoms with Gasteiger partial charge in [0.15, 0.2) is 12.4 Å². The van der Waals surface area contributed by atoms with Gasteiger partial charge in [0.2, 0.25) is 5.89 Å². The Labute approximate surface area is 160 Å². The zero-order chi connectivity index (χ0) is 19.3. The number of aromatic nitrogens is 2. The smallest absolute Gasteiger partial charge is 0.331 e. The van der Waals surface area contributed by atoms with Crippen molar-refractivity contribution in [2.75, 3.05) is 0 Å². The third-order valence-electron chi connectivity index (χ3n) is 4.08. The average Bonchev–Trinajstić information content (AvgIpc) is 3.20. The second kappa shape index (κ2) is 7.84. The molecule has 2 aromatic heterocycles. The van der Waals surface area contributed by atoms with Crippen LogP contribution in [-0.4, -0.2) is 15.9 Å². The Bertz CT molecular complexity index is 1140. The summed E-state index contributed by atoms with van der Waals surface area (Å²) in [7, 11) is 0. The molecule has 0 saturated heterocycles. The number of benzene rings is 2. The molecule has 4 rings (SSSR count). The first-order valence-corrected chi connectivity index (χ1v) is 8.58. The van der Waals surface area contributed by atoms with Crippen molar-refractivity contribution in [3.05, 3.63) is 90.3 Å². The Hall–Kier alpha value is -3.80. The molecular weight excluding hydrogens is 359 g/mol. The van der Waals surface area contributed by atoms with E-state index in [-0.39, 0.29) is 18.3 Å². The number of hydrogen-bond donors (Lipinski definition) is 0. The molecule has 0 aliphatic carbocycles. The molecule has 0 atom stereocenters. The number of halogens is 1. The van der Waals surface area contributed by atoms with Gasteiger partial charge in [0, 0.05) is 28.8 Å². The molecule has 0 saturated carbocycles. The molecule has 2 aromatic carbocycles. The van der Waals surface area contributed by atoms with Crippen LogP contribution in [0.2, 0.25) is 0 Å². The Kier molecular flexibility index (Phi) is 4.93. The monoisotopic (exact) mass is 374 g/mol. The van der Waals surface area contributed by atoms with Crippen LogP contribution in [0.5, 0.6) is 0 Å². The molecule has 6 heteroatoms. The van der Waals surface area contributed by atoms with Crippen LogP contribution in [0.15, 0.2) is 77.5 Å². The summed E-state index contributed by atoms with van der Waals surface area (Å²) in [5.41, 5.74) is 2.32. The lowest BCUT2D eigenvalue weighted by Gasteiger charge is -2.01. The number of nitrogens with zero attached hydrogens (tertiary/aromatic N) is 2. The quantitative estimate of drug-likeness (QED) is 0.371. The summed E-state index contributed by atoms with van der Waals surface area (Å²) in [6, 6.07) is 15.4. The van der Waals surface area contributed by atoms with Gasteiger partial charge in [-0.3, -0.25) is 4.98 Å². The standard InChI is InChI=1S/C22H15FN2O3/c23-18-9-6-15(7-10-18)19-13-25-20(28-19)14-27-21(26)11-8-17-4-1-3-16-5-2-12-24-22(16)17/h1-13H,14H2. The molecule has 0 aliphatic rings. The molecule has 4 aromatic rings. The molecule has 5 nitrogen and oxygen atoms in total. The van der Waals surface area contributed by atoms with Gasteiger partial charge in [0.1, 0.15) is 5.82 Å². The van der Waals surface area contributed by atoms with Crippen LogP contribution < -0.4 is 0 Å². The van der Waals surface area contributed by atoms with Gasteiger partial charge in [-0.1, -0.05) is 24.3 Å². The predicted molar refractivity (Wildman–Crippen MR) is 102 cm³/mol. The number of carbonyl (C=O) groups excluding carboxylic acids is 1. The lowest BCUT2D eigenvalue weighted by molar-refractivity contribution is -0.139. The highest BCUT2D eigenvalue weighted by Crippen LogP contribution is 2.21. The number of carbonyl (C=O) groups is 1. The van der Waals surface area contributed by atoms with Gasteiger partial charge >= 0.3 is 5.97 Å². The highest BCUT2D eigenvalue weighted by Gasteiger charge is 2.08. The summed E-state index contributed by atoms with van der Waals surface area (Å²) in [5, 5.41) is 0.992. The minimum absolute atomic E-state index is 0.0991. The minimum atomic E-state index is -0.519. The average molecular weight is 374 g/mol. The number of esters is 1. The highest BCUT2D eigenvalue weighted by molar-refractivity contribution is 5.92. The molecule has 0 radical (unpaired) electrons. The molecule has 0 fully saturated rings. The highest BCUT2D eigenvalue weighted by atomic mass is 19.1. The van der Waals surface area contributed by atoms with E-state index in [1.807, 2.05) is 30.3 Å². The van der Waals surface area contributed by atoms with Gasteiger partial charge in [-0.25, -0.2) is 14.2 Å². The first kappa shape index (κ1) is 17.6. The zero-order valence-corrected chi connectivity index (χ0v) is 14.7. The van der Waals surface area contributed by atoms with Gasteiger partial charge in [0.25, 0.3) is 0 Å². The van der Waals surface area contributed by atoms with E-state index in [1.54, 1.807) is 24.4 Å². The van der Waals surface area contributed by atoms with Crippen LogP contribution in [0, 0.1) is 5.82 Å². The molecule has 0 amide bonds. The van der Waals surface area contributed by atoms with E-state index in [0.717, 1.165) is 16.5 Å². The Morgan fingerprint density at radius 2 is 1.89 bits per heavy atom. The number of rotatable bonds is 5. The van der Waals surface area contributed by atoms with Crippen LogP contribution >= 0.6 is 0 Å². The number of hydrogen-bond acceptors (Lipinski definition) is 5. The van der Waals surface area contributed by atoms with E-state index in [4.69, 9.17) is 9.15 Å². The van der Waals surface area contributed by atoms with Crippen molar-refractivity contribution in [3.63, 3.8) is 0 Å². The Morgan fingerprint density at radius 1 is 1.07 bits per heavy atom. The summed E-state index contributed by atoms with van der Waals surface area (Å²) >= 11 is 0. The maximum atomic E-state index is 13.0. The summed E-state index contributed by atoms with van der Waals surface area (Å²) < 4.78 is 23.7. The number of para-hydroxylation sites is 1. The van der Waals surface area contributed by atoms with E-state index >= 15 is 0 Å². The number of fused-ring (bicyclic) bond motifs is 1. The SMILES string of the molecule is O=C(C=Cc1cccc2cccnc12)OCc1ncc(-c2ccc(F)cc2)o1. The van der Waals surface area contributed by atoms with Crippen LogP contribution in [0.4, 0.5) is 4.39 Å².